The quantitative estimate of drug-likeness (QED) is 0.269. The third kappa shape index (κ3) is 6.83. The van der Waals surface area contributed by atoms with Crippen molar-refractivity contribution < 1.29 is 24.2 Å². The number of rotatable bonds is 8. The van der Waals surface area contributed by atoms with Crippen LogP contribution >= 0.6 is 24.0 Å². The Labute approximate surface area is 224 Å². The van der Waals surface area contributed by atoms with Gasteiger partial charge in [-0.3, -0.25) is 14.6 Å². The van der Waals surface area contributed by atoms with Crippen LogP contribution in [0.15, 0.2) is 72.9 Å². The zero-order valence-electron chi connectivity index (χ0n) is 19.7. The van der Waals surface area contributed by atoms with Gasteiger partial charge in [0.15, 0.2) is 0 Å². The van der Waals surface area contributed by atoms with Crippen LogP contribution in [0.5, 0.6) is 0 Å². The van der Waals surface area contributed by atoms with E-state index in [0.717, 1.165) is 27.6 Å². The number of halogens is 2. The van der Waals surface area contributed by atoms with Crippen LogP contribution in [0.25, 0.3) is 22.0 Å². The topological polar surface area (TPSA) is 118 Å². The van der Waals surface area contributed by atoms with E-state index >= 15 is 0 Å². The molecule has 0 aliphatic carbocycles. The fraction of sp³-hybridized carbons (Fsp3) is 0.111. The minimum atomic E-state index is -1.23. The zero-order chi connectivity index (χ0) is 25.7. The first-order chi connectivity index (χ1) is 17.3. The largest absolute Gasteiger partial charge is 0.478 e. The number of hydrogen-bond donors (Lipinski definition) is 3. The van der Waals surface area contributed by atoms with Gasteiger partial charge in [-0.2, -0.15) is 0 Å². The number of aromatic nitrogens is 1. The Kier molecular flexibility index (Phi) is 9.19. The normalized spacial score (nSPS) is 10.4. The number of nitrogens with one attached hydrogen (secondary N) is 2. The molecule has 1 aromatic heterocycles. The van der Waals surface area contributed by atoms with E-state index < -0.39 is 24.4 Å². The molecular formula is C27H23Cl2N3O5. The minimum absolute atomic E-state index is 0. The van der Waals surface area contributed by atoms with Gasteiger partial charge in [-0.25, -0.2) is 4.79 Å². The summed E-state index contributed by atoms with van der Waals surface area (Å²) in [6.45, 7) is 1.08. The van der Waals surface area contributed by atoms with Crippen molar-refractivity contribution in [2.75, 3.05) is 23.8 Å². The summed E-state index contributed by atoms with van der Waals surface area (Å²) in [5, 5.41) is 15.8. The van der Waals surface area contributed by atoms with Crippen molar-refractivity contribution in [1.82, 2.24) is 4.98 Å². The van der Waals surface area contributed by atoms with Crippen LogP contribution in [-0.4, -0.2) is 41.1 Å². The number of carboxylic acid groups (broad SMARTS) is 1. The highest BCUT2D eigenvalue weighted by molar-refractivity contribution is 6.31. The molecule has 190 valence electrons. The van der Waals surface area contributed by atoms with E-state index in [1.165, 1.54) is 18.2 Å². The summed E-state index contributed by atoms with van der Waals surface area (Å²) < 4.78 is 5.23. The Morgan fingerprint density at radius 1 is 0.919 bits per heavy atom. The number of carbonyl (C=O) groups is 3. The number of pyridine rings is 1. The number of benzene rings is 3. The van der Waals surface area contributed by atoms with E-state index in [2.05, 4.69) is 15.6 Å². The number of ether oxygens (including phenoxy) is 1. The number of anilines is 2. The maximum atomic E-state index is 12.5. The lowest BCUT2D eigenvalue weighted by atomic mass is 10.00. The molecule has 0 unspecified atom stereocenters. The fourth-order valence-electron chi connectivity index (χ4n) is 3.67. The van der Waals surface area contributed by atoms with Crippen LogP contribution in [0.3, 0.4) is 0 Å². The van der Waals surface area contributed by atoms with E-state index in [4.69, 9.17) is 16.3 Å². The van der Waals surface area contributed by atoms with Gasteiger partial charge in [0.1, 0.15) is 13.2 Å². The van der Waals surface area contributed by atoms with Gasteiger partial charge >= 0.3 is 5.97 Å². The van der Waals surface area contributed by atoms with Gasteiger partial charge in [0.2, 0.25) is 11.8 Å². The Bertz CT molecular complexity index is 1470. The first-order valence-corrected chi connectivity index (χ1v) is 11.3. The SMILES string of the molecule is Cc1ccc(-c2cccc3cccnc23)cc1NC(=O)COCC(=O)Nc1ccc(Cl)cc1C(=O)O.Cl. The molecule has 0 radical (unpaired) electrons. The predicted molar refractivity (Wildman–Crippen MR) is 146 cm³/mol. The molecule has 0 atom stereocenters. The van der Waals surface area contributed by atoms with Crippen LogP contribution in [0.1, 0.15) is 15.9 Å². The van der Waals surface area contributed by atoms with Crippen LogP contribution in [0.4, 0.5) is 11.4 Å². The molecule has 0 saturated heterocycles. The maximum Gasteiger partial charge on any atom is 0.337 e. The summed E-state index contributed by atoms with van der Waals surface area (Å²) in [6.07, 6.45) is 1.74. The molecule has 10 heteroatoms. The van der Waals surface area contributed by atoms with Crippen molar-refractivity contribution in [2.24, 2.45) is 0 Å². The lowest BCUT2D eigenvalue weighted by Gasteiger charge is -2.12. The molecule has 0 aliphatic rings. The average Bonchev–Trinajstić information content (AvgIpc) is 2.86. The van der Waals surface area contributed by atoms with Gasteiger partial charge < -0.3 is 20.5 Å². The summed E-state index contributed by atoms with van der Waals surface area (Å²) in [7, 11) is 0. The molecule has 0 aliphatic heterocycles. The average molecular weight is 540 g/mol. The monoisotopic (exact) mass is 539 g/mol. The summed E-state index contributed by atoms with van der Waals surface area (Å²) in [5.41, 5.74) is 4.12. The summed E-state index contributed by atoms with van der Waals surface area (Å²) >= 11 is 5.82. The van der Waals surface area contributed by atoms with Crippen LogP contribution in [0.2, 0.25) is 5.02 Å². The number of fused-ring (bicyclic) bond motifs is 1. The molecule has 3 aromatic carbocycles. The number of nitrogens with zero attached hydrogens (tertiary/aromatic N) is 1. The number of para-hydroxylation sites is 1. The Hall–Kier alpha value is -3.98. The second kappa shape index (κ2) is 12.3. The van der Waals surface area contributed by atoms with Crippen LogP contribution in [0, 0.1) is 6.92 Å². The standard InChI is InChI=1S/C27H22ClN3O5.ClH/c1-16-7-8-18(20-6-2-4-17-5-3-11-29-26(17)20)12-23(16)31-25(33)15-36-14-24(32)30-22-10-9-19(28)13-21(22)27(34)35;/h2-13H,14-15H2,1H3,(H,30,32)(H,31,33)(H,34,35);1H. The lowest BCUT2D eigenvalue weighted by molar-refractivity contribution is -0.125. The Balaban J connectivity index is 0.00000380. The van der Waals surface area contributed by atoms with Crippen molar-refractivity contribution in [2.45, 2.75) is 6.92 Å². The van der Waals surface area contributed by atoms with Crippen molar-refractivity contribution >= 4 is 64.1 Å². The molecule has 4 rings (SSSR count). The lowest BCUT2D eigenvalue weighted by Crippen LogP contribution is -2.24. The first-order valence-electron chi connectivity index (χ1n) is 11.0. The van der Waals surface area contributed by atoms with Crippen LogP contribution < -0.4 is 10.6 Å². The third-order valence-corrected chi connectivity index (χ3v) is 5.64. The van der Waals surface area contributed by atoms with E-state index in [1.807, 2.05) is 55.5 Å². The molecule has 3 N–H and O–H groups in total. The van der Waals surface area contributed by atoms with Crippen molar-refractivity contribution in [3.05, 3.63) is 89.1 Å². The Morgan fingerprint density at radius 2 is 1.62 bits per heavy atom. The fourth-order valence-corrected chi connectivity index (χ4v) is 3.84. The molecule has 1 heterocycles. The van der Waals surface area contributed by atoms with E-state index in [0.29, 0.717) is 5.69 Å². The second-order valence-corrected chi connectivity index (χ2v) is 8.43. The molecule has 4 aromatic rings. The van der Waals surface area contributed by atoms with Gasteiger partial charge in [-0.05, 0) is 48.4 Å². The van der Waals surface area contributed by atoms with Crippen molar-refractivity contribution in [3.63, 3.8) is 0 Å². The molecule has 8 nitrogen and oxygen atoms in total. The highest BCUT2D eigenvalue weighted by Gasteiger charge is 2.14. The minimum Gasteiger partial charge on any atom is -0.478 e. The predicted octanol–water partition coefficient (Wildman–Crippen LogP) is 5.58. The number of amides is 2. The van der Waals surface area contributed by atoms with Crippen molar-refractivity contribution in [1.29, 1.82) is 0 Å². The number of hydrogen-bond acceptors (Lipinski definition) is 5. The Morgan fingerprint density at radius 3 is 2.35 bits per heavy atom. The number of carboxylic acids is 1. The second-order valence-electron chi connectivity index (χ2n) is 7.99. The summed E-state index contributed by atoms with van der Waals surface area (Å²) in [4.78, 5) is 40.5. The zero-order valence-corrected chi connectivity index (χ0v) is 21.2. The molecule has 0 spiro atoms. The van der Waals surface area contributed by atoms with E-state index in [9.17, 15) is 19.5 Å². The molecule has 0 fully saturated rings. The van der Waals surface area contributed by atoms with E-state index in [-0.39, 0.29) is 35.3 Å². The first kappa shape index (κ1) is 27.6. The molecule has 0 saturated carbocycles. The molecular weight excluding hydrogens is 517 g/mol. The van der Waals surface area contributed by atoms with Gasteiger partial charge in [-0.1, -0.05) is 48.0 Å². The molecule has 0 bridgehead atoms. The molecule has 2 amide bonds. The smallest absolute Gasteiger partial charge is 0.337 e. The highest BCUT2D eigenvalue weighted by Crippen LogP contribution is 2.30. The van der Waals surface area contributed by atoms with Gasteiger partial charge in [0.25, 0.3) is 0 Å². The maximum absolute atomic E-state index is 12.5. The number of aryl methyl sites for hydroxylation is 1. The van der Waals surface area contributed by atoms with Gasteiger partial charge in [0.05, 0.1) is 16.8 Å². The van der Waals surface area contributed by atoms with E-state index in [1.54, 1.807) is 6.20 Å². The third-order valence-electron chi connectivity index (χ3n) is 5.41. The van der Waals surface area contributed by atoms with Crippen molar-refractivity contribution in [3.8, 4) is 11.1 Å². The summed E-state index contributed by atoms with van der Waals surface area (Å²) in [5.74, 6) is -2.27. The molecule has 37 heavy (non-hydrogen) atoms. The van der Waals surface area contributed by atoms with Gasteiger partial charge in [0, 0.05) is 27.9 Å². The van der Waals surface area contributed by atoms with Gasteiger partial charge in [-0.15, -0.1) is 12.4 Å². The highest BCUT2D eigenvalue weighted by atomic mass is 35.5. The summed E-state index contributed by atoms with van der Waals surface area (Å²) in [6, 6.07) is 19.6. The number of aromatic carboxylic acids is 1. The van der Waals surface area contributed by atoms with Crippen LogP contribution in [-0.2, 0) is 14.3 Å². The number of carbonyl (C=O) groups excluding carboxylic acids is 2.